The molecule has 1 amide bonds. The van der Waals surface area contributed by atoms with Gasteiger partial charge in [-0.25, -0.2) is 0 Å². The molecule has 0 radical (unpaired) electrons. The zero-order valence-electron chi connectivity index (χ0n) is 16.0. The molecule has 0 aromatic heterocycles. The average Bonchev–Trinajstić information content (AvgIpc) is 2.70. The van der Waals surface area contributed by atoms with Gasteiger partial charge in [-0.15, -0.1) is 0 Å². The van der Waals surface area contributed by atoms with E-state index in [2.05, 4.69) is 4.90 Å². The zero-order valence-corrected chi connectivity index (χ0v) is 17.5. The van der Waals surface area contributed by atoms with Crippen LogP contribution >= 0.6 is 23.2 Å². The Balaban J connectivity index is 1.86. The predicted molar refractivity (Wildman–Crippen MR) is 111 cm³/mol. The van der Waals surface area contributed by atoms with E-state index < -0.39 is 6.04 Å². The van der Waals surface area contributed by atoms with Crippen LogP contribution in [0.5, 0.6) is 5.75 Å². The van der Waals surface area contributed by atoms with E-state index in [-0.39, 0.29) is 5.91 Å². The summed E-state index contributed by atoms with van der Waals surface area (Å²) in [6, 6.07) is 12.5. The molecular formula is C21H24Cl2N2O3. The van der Waals surface area contributed by atoms with E-state index in [1.54, 1.807) is 31.2 Å². The van der Waals surface area contributed by atoms with Gasteiger partial charge in [0.25, 0.3) is 0 Å². The van der Waals surface area contributed by atoms with Gasteiger partial charge in [0.1, 0.15) is 11.8 Å². The number of methoxy groups -OCH3 is 1. The van der Waals surface area contributed by atoms with Crippen molar-refractivity contribution >= 4 is 29.1 Å². The monoisotopic (exact) mass is 422 g/mol. The van der Waals surface area contributed by atoms with Crippen LogP contribution in [0.3, 0.4) is 0 Å². The zero-order chi connectivity index (χ0) is 20.1. The van der Waals surface area contributed by atoms with Crippen LogP contribution in [0.15, 0.2) is 42.5 Å². The Hall–Kier alpha value is -1.79. The van der Waals surface area contributed by atoms with Gasteiger partial charge in [0.15, 0.2) is 0 Å². The number of rotatable bonds is 6. The molecule has 0 aliphatic carbocycles. The summed E-state index contributed by atoms with van der Waals surface area (Å²) >= 11 is 12.5. The Bertz CT molecular complexity index is 825. The largest absolute Gasteiger partial charge is 0.497 e. The Labute approximate surface area is 175 Å². The Morgan fingerprint density at radius 1 is 1.21 bits per heavy atom. The molecule has 1 fully saturated rings. The van der Waals surface area contributed by atoms with Crippen LogP contribution in [0.1, 0.15) is 17.2 Å². The molecule has 0 spiro atoms. The number of halogens is 2. The molecule has 1 aliphatic rings. The summed E-state index contributed by atoms with van der Waals surface area (Å²) in [4.78, 5) is 17.3. The lowest BCUT2D eigenvalue weighted by molar-refractivity contribution is -0.138. The van der Waals surface area contributed by atoms with Crippen molar-refractivity contribution in [3.05, 3.63) is 63.6 Å². The minimum Gasteiger partial charge on any atom is -0.497 e. The van der Waals surface area contributed by atoms with Crippen LogP contribution in [0.25, 0.3) is 0 Å². The topological polar surface area (TPSA) is 42.0 Å². The quantitative estimate of drug-likeness (QED) is 0.704. The molecule has 1 atom stereocenters. The number of carbonyl (C=O) groups is 1. The molecule has 5 nitrogen and oxygen atoms in total. The van der Waals surface area contributed by atoms with Gasteiger partial charge in [-0.1, -0.05) is 41.4 Å². The molecule has 150 valence electrons. The second-order valence-electron chi connectivity index (χ2n) is 6.76. The van der Waals surface area contributed by atoms with Crippen molar-refractivity contribution in [2.45, 2.75) is 12.6 Å². The first-order valence-electron chi connectivity index (χ1n) is 9.14. The summed E-state index contributed by atoms with van der Waals surface area (Å²) in [7, 11) is 3.43. The highest BCUT2D eigenvalue weighted by Gasteiger charge is 2.32. The molecule has 3 rings (SSSR count). The Kier molecular flexibility index (Phi) is 7.18. The molecule has 1 saturated heterocycles. The van der Waals surface area contributed by atoms with Crippen LogP contribution in [0, 0.1) is 0 Å². The molecule has 2 aromatic rings. The average molecular weight is 423 g/mol. The fraction of sp³-hybridized carbons (Fsp3) is 0.381. The molecule has 1 unspecified atom stereocenters. The fourth-order valence-corrected chi connectivity index (χ4v) is 3.89. The maximum absolute atomic E-state index is 13.5. The summed E-state index contributed by atoms with van der Waals surface area (Å²) in [5.74, 6) is 0.748. The second kappa shape index (κ2) is 9.61. The van der Waals surface area contributed by atoms with Crippen LogP contribution in [-0.2, 0) is 16.1 Å². The molecule has 28 heavy (non-hydrogen) atoms. The van der Waals surface area contributed by atoms with E-state index >= 15 is 0 Å². The number of nitrogens with zero attached hydrogens (tertiary/aromatic N) is 2. The number of likely N-dealkylation sites (N-methyl/N-ethyl adjacent to an activating group) is 1. The van der Waals surface area contributed by atoms with Gasteiger partial charge in [-0.2, -0.15) is 0 Å². The van der Waals surface area contributed by atoms with Crippen molar-refractivity contribution in [3.8, 4) is 5.75 Å². The molecule has 0 bridgehead atoms. The van der Waals surface area contributed by atoms with E-state index in [4.69, 9.17) is 32.7 Å². The number of benzene rings is 2. The summed E-state index contributed by atoms with van der Waals surface area (Å²) in [6.45, 7) is 3.00. The van der Waals surface area contributed by atoms with E-state index in [0.717, 1.165) is 16.9 Å². The molecule has 0 N–H and O–H groups in total. The number of morpholine rings is 1. The minimum atomic E-state index is -0.482. The highest BCUT2D eigenvalue weighted by molar-refractivity contribution is 6.35. The standard InChI is InChI=1S/C21H24Cl2N2O3/c1-24(14-15-4-3-5-17(12-15)27-2)21(26)20(25-8-10-28-11-9-25)18-7-6-16(22)13-19(18)23/h3-7,12-13,20H,8-11,14H2,1-2H3. The van der Waals surface area contributed by atoms with Crippen molar-refractivity contribution in [1.82, 2.24) is 9.80 Å². The van der Waals surface area contributed by atoms with Crippen molar-refractivity contribution < 1.29 is 14.3 Å². The molecule has 2 aromatic carbocycles. The molecular weight excluding hydrogens is 399 g/mol. The van der Waals surface area contributed by atoms with Crippen molar-refractivity contribution in [2.75, 3.05) is 40.5 Å². The summed E-state index contributed by atoms with van der Waals surface area (Å²) < 4.78 is 10.7. The lowest BCUT2D eigenvalue weighted by atomic mass is 10.0. The van der Waals surface area contributed by atoms with Crippen molar-refractivity contribution in [2.24, 2.45) is 0 Å². The first kappa shape index (κ1) is 20.9. The second-order valence-corrected chi connectivity index (χ2v) is 7.61. The van der Waals surface area contributed by atoms with E-state index in [9.17, 15) is 4.79 Å². The highest BCUT2D eigenvalue weighted by atomic mass is 35.5. The van der Waals surface area contributed by atoms with Crippen LogP contribution in [0.4, 0.5) is 0 Å². The number of ether oxygens (including phenoxy) is 2. The number of carbonyl (C=O) groups excluding carboxylic acids is 1. The van der Waals surface area contributed by atoms with Gasteiger partial charge in [0.2, 0.25) is 5.91 Å². The van der Waals surface area contributed by atoms with Crippen molar-refractivity contribution in [3.63, 3.8) is 0 Å². The lowest BCUT2D eigenvalue weighted by Gasteiger charge is -2.36. The van der Waals surface area contributed by atoms with E-state index in [0.29, 0.717) is 42.9 Å². The fourth-order valence-electron chi connectivity index (χ4n) is 3.38. The van der Waals surface area contributed by atoms with Gasteiger partial charge < -0.3 is 14.4 Å². The van der Waals surface area contributed by atoms with Gasteiger partial charge >= 0.3 is 0 Å². The number of hydrogen-bond acceptors (Lipinski definition) is 4. The minimum absolute atomic E-state index is 0.0195. The molecule has 1 aliphatic heterocycles. The van der Waals surface area contributed by atoms with Gasteiger partial charge in [0.05, 0.1) is 20.3 Å². The number of amides is 1. The molecule has 1 heterocycles. The van der Waals surface area contributed by atoms with Crippen molar-refractivity contribution in [1.29, 1.82) is 0 Å². The maximum atomic E-state index is 13.5. The predicted octanol–water partition coefficient (Wildman–Crippen LogP) is 4.03. The normalized spacial score (nSPS) is 15.9. The third-order valence-corrected chi connectivity index (χ3v) is 5.39. The third-order valence-electron chi connectivity index (χ3n) is 4.83. The van der Waals surface area contributed by atoms with Crippen LogP contribution in [0.2, 0.25) is 10.0 Å². The SMILES string of the molecule is COc1cccc(CN(C)C(=O)C(c2ccc(Cl)cc2Cl)N2CCOCC2)c1. The Morgan fingerprint density at radius 2 is 1.96 bits per heavy atom. The highest BCUT2D eigenvalue weighted by Crippen LogP contribution is 2.32. The summed E-state index contributed by atoms with van der Waals surface area (Å²) in [5, 5.41) is 1.04. The van der Waals surface area contributed by atoms with E-state index in [1.807, 2.05) is 30.3 Å². The van der Waals surface area contributed by atoms with Crippen LogP contribution < -0.4 is 4.74 Å². The summed E-state index contributed by atoms with van der Waals surface area (Å²) in [5.41, 5.74) is 1.76. The van der Waals surface area contributed by atoms with Gasteiger partial charge in [-0.3, -0.25) is 9.69 Å². The smallest absolute Gasteiger partial charge is 0.244 e. The Morgan fingerprint density at radius 3 is 2.64 bits per heavy atom. The summed E-state index contributed by atoms with van der Waals surface area (Å²) in [6.07, 6.45) is 0. The van der Waals surface area contributed by atoms with Crippen LogP contribution in [-0.4, -0.2) is 56.2 Å². The lowest BCUT2D eigenvalue weighted by Crippen LogP contribution is -2.46. The number of hydrogen-bond donors (Lipinski definition) is 0. The molecule has 7 heteroatoms. The van der Waals surface area contributed by atoms with E-state index in [1.165, 1.54) is 0 Å². The molecule has 0 saturated carbocycles. The first-order chi connectivity index (χ1) is 13.5. The van der Waals surface area contributed by atoms with Gasteiger partial charge in [0, 0.05) is 36.7 Å². The van der Waals surface area contributed by atoms with Gasteiger partial charge in [-0.05, 0) is 35.4 Å². The third kappa shape index (κ3) is 4.97. The maximum Gasteiger partial charge on any atom is 0.244 e. The first-order valence-corrected chi connectivity index (χ1v) is 9.90.